The van der Waals surface area contributed by atoms with E-state index in [1.54, 1.807) is 30.3 Å². The van der Waals surface area contributed by atoms with E-state index in [-0.39, 0.29) is 23.6 Å². The number of rotatable bonds is 9. The van der Waals surface area contributed by atoms with Crippen molar-refractivity contribution in [2.45, 2.75) is 46.7 Å². The normalized spacial score (nSPS) is 11.0. The summed E-state index contributed by atoms with van der Waals surface area (Å²) in [5, 5.41) is 15.7. The maximum Gasteiger partial charge on any atom is 0.335 e. The Kier molecular flexibility index (Phi) is 8.16. The summed E-state index contributed by atoms with van der Waals surface area (Å²) in [7, 11) is 0. The van der Waals surface area contributed by atoms with Crippen LogP contribution in [0.2, 0.25) is 5.02 Å². The Hall–Kier alpha value is -2.93. The number of aromatic carboxylic acids is 1. The number of amides is 1. The third-order valence-corrected chi connectivity index (χ3v) is 4.58. The van der Waals surface area contributed by atoms with E-state index in [4.69, 9.17) is 26.2 Å². The number of benzene rings is 2. The molecule has 0 heterocycles. The number of carbonyl (C=O) groups excluding carboxylic acids is 1. The lowest BCUT2D eigenvalue weighted by atomic mass is 10.1. The average Bonchev–Trinajstić information content (AvgIpc) is 2.66. The molecule has 0 saturated carbocycles. The predicted molar refractivity (Wildman–Crippen MR) is 121 cm³/mol. The number of carboxylic acids is 1. The van der Waals surface area contributed by atoms with Gasteiger partial charge in [0.05, 0.1) is 12.2 Å². The van der Waals surface area contributed by atoms with Crippen molar-refractivity contribution in [1.29, 1.82) is 0 Å². The molecular weight excluding hydrogens is 420 g/mol. The fraction of sp³-hybridized carbons (Fsp3) is 0.391. The molecule has 0 fully saturated rings. The molecule has 0 atom stereocenters. The first kappa shape index (κ1) is 24.3. The minimum atomic E-state index is -0.967. The monoisotopic (exact) mass is 448 g/mol. The molecule has 168 valence electrons. The Balaban J connectivity index is 2.14. The molecular formula is C23H29ClN2O5. The molecule has 0 aliphatic rings. The molecule has 2 aromatic carbocycles. The van der Waals surface area contributed by atoms with Gasteiger partial charge in [-0.05, 0) is 70.0 Å². The lowest BCUT2D eigenvalue weighted by Crippen LogP contribution is -2.43. The number of ether oxygens (including phenoxy) is 2. The molecule has 0 aromatic heterocycles. The molecule has 8 heteroatoms. The van der Waals surface area contributed by atoms with E-state index in [1.807, 2.05) is 34.6 Å². The number of anilines is 1. The predicted octanol–water partition coefficient (Wildman–Crippen LogP) is 4.65. The summed E-state index contributed by atoms with van der Waals surface area (Å²) < 4.78 is 11.3. The van der Waals surface area contributed by atoms with Gasteiger partial charge in [0.25, 0.3) is 5.91 Å². The van der Waals surface area contributed by atoms with Crippen molar-refractivity contribution in [2.24, 2.45) is 0 Å². The van der Waals surface area contributed by atoms with E-state index in [9.17, 15) is 9.59 Å². The largest absolute Gasteiger partial charge is 0.490 e. The first-order chi connectivity index (χ1) is 14.5. The summed E-state index contributed by atoms with van der Waals surface area (Å²) in [5.74, 6) is -0.324. The van der Waals surface area contributed by atoms with Gasteiger partial charge in [-0.25, -0.2) is 4.79 Å². The molecule has 0 spiro atoms. The van der Waals surface area contributed by atoms with Gasteiger partial charge in [-0.2, -0.15) is 0 Å². The lowest BCUT2D eigenvalue weighted by Gasteiger charge is -2.21. The second-order valence-electron chi connectivity index (χ2n) is 8.10. The zero-order valence-corrected chi connectivity index (χ0v) is 19.2. The molecule has 2 rings (SSSR count). The molecule has 0 aliphatic heterocycles. The summed E-state index contributed by atoms with van der Waals surface area (Å²) >= 11 is 6.44. The van der Waals surface area contributed by atoms with Crippen LogP contribution in [0.5, 0.6) is 11.5 Å². The Morgan fingerprint density at radius 3 is 2.35 bits per heavy atom. The first-order valence-electron chi connectivity index (χ1n) is 9.97. The van der Waals surface area contributed by atoms with Gasteiger partial charge in [-0.1, -0.05) is 11.6 Å². The fourth-order valence-corrected chi connectivity index (χ4v) is 3.10. The molecule has 0 radical (unpaired) electrons. The van der Waals surface area contributed by atoms with Crippen LogP contribution in [0.1, 0.15) is 49.2 Å². The summed E-state index contributed by atoms with van der Waals surface area (Å²) in [6, 6.07) is 8.29. The maximum atomic E-state index is 12.1. The van der Waals surface area contributed by atoms with Crippen molar-refractivity contribution >= 4 is 29.2 Å². The van der Waals surface area contributed by atoms with E-state index >= 15 is 0 Å². The highest BCUT2D eigenvalue weighted by atomic mass is 35.5. The van der Waals surface area contributed by atoms with Crippen LogP contribution in [0.3, 0.4) is 0 Å². The number of nitrogens with one attached hydrogen (secondary N) is 2. The van der Waals surface area contributed by atoms with Crippen molar-refractivity contribution in [1.82, 2.24) is 5.32 Å². The molecule has 0 saturated heterocycles. The van der Waals surface area contributed by atoms with E-state index in [1.165, 1.54) is 0 Å². The average molecular weight is 449 g/mol. The van der Waals surface area contributed by atoms with Crippen LogP contribution < -0.4 is 20.1 Å². The molecule has 31 heavy (non-hydrogen) atoms. The van der Waals surface area contributed by atoms with Gasteiger partial charge in [0.2, 0.25) is 0 Å². The van der Waals surface area contributed by atoms with Gasteiger partial charge >= 0.3 is 5.97 Å². The fourth-order valence-electron chi connectivity index (χ4n) is 2.88. The van der Waals surface area contributed by atoms with Gasteiger partial charge in [0.1, 0.15) is 0 Å². The van der Waals surface area contributed by atoms with Crippen LogP contribution in [-0.2, 0) is 11.3 Å². The highest BCUT2D eigenvalue weighted by Crippen LogP contribution is 2.34. The molecule has 1 amide bonds. The van der Waals surface area contributed by atoms with Crippen molar-refractivity contribution in [3.8, 4) is 11.5 Å². The van der Waals surface area contributed by atoms with E-state index < -0.39 is 5.97 Å². The quantitative estimate of drug-likeness (QED) is 0.516. The van der Waals surface area contributed by atoms with Crippen LogP contribution >= 0.6 is 11.6 Å². The number of hydrogen-bond acceptors (Lipinski definition) is 5. The summed E-state index contributed by atoms with van der Waals surface area (Å²) in [6.45, 7) is 10.0. The third kappa shape index (κ3) is 7.36. The first-order valence-corrected chi connectivity index (χ1v) is 10.3. The Labute approximate surface area is 187 Å². The second-order valence-corrected chi connectivity index (χ2v) is 8.51. The number of carbonyl (C=O) groups is 2. The molecule has 0 aliphatic carbocycles. The van der Waals surface area contributed by atoms with Gasteiger partial charge < -0.3 is 25.2 Å². The summed E-state index contributed by atoms with van der Waals surface area (Å²) in [4.78, 5) is 23.1. The zero-order chi connectivity index (χ0) is 23.2. The molecule has 7 nitrogen and oxygen atoms in total. The SMILES string of the molecule is CCOc1cc(CNc2ccc(C(=O)O)cc2C)c(Cl)cc1OCC(=O)NC(C)(C)C. The summed E-state index contributed by atoms with van der Waals surface area (Å²) in [6.07, 6.45) is 0. The Morgan fingerprint density at radius 2 is 1.77 bits per heavy atom. The maximum absolute atomic E-state index is 12.1. The number of aryl methyl sites for hydroxylation is 1. The van der Waals surface area contributed by atoms with Crippen LogP contribution in [0, 0.1) is 6.92 Å². The van der Waals surface area contributed by atoms with Crippen LogP contribution in [0.4, 0.5) is 5.69 Å². The molecule has 0 bridgehead atoms. The summed E-state index contributed by atoms with van der Waals surface area (Å²) in [5.41, 5.74) is 2.27. The van der Waals surface area contributed by atoms with E-state index in [0.29, 0.717) is 29.7 Å². The van der Waals surface area contributed by atoms with Gasteiger partial charge in [-0.15, -0.1) is 0 Å². The zero-order valence-electron chi connectivity index (χ0n) is 18.5. The van der Waals surface area contributed by atoms with Crippen LogP contribution in [0.15, 0.2) is 30.3 Å². The standard InChI is InChI=1S/C23H29ClN2O5/c1-6-30-19-10-16(12-25-18-8-7-15(22(28)29)9-14(18)2)17(24)11-20(19)31-13-21(27)26-23(3,4)5/h7-11,25H,6,12-13H2,1-5H3,(H,26,27)(H,28,29). The minimum Gasteiger partial charge on any atom is -0.490 e. The van der Waals surface area contributed by atoms with Crippen LogP contribution in [0.25, 0.3) is 0 Å². The van der Waals surface area contributed by atoms with Crippen molar-refractivity contribution in [2.75, 3.05) is 18.5 Å². The van der Waals surface area contributed by atoms with Crippen molar-refractivity contribution < 1.29 is 24.2 Å². The van der Waals surface area contributed by atoms with E-state index in [0.717, 1.165) is 16.8 Å². The minimum absolute atomic E-state index is 0.152. The number of halogens is 1. The molecule has 3 N–H and O–H groups in total. The highest BCUT2D eigenvalue weighted by molar-refractivity contribution is 6.31. The molecule has 2 aromatic rings. The lowest BCUT2D eigenvalue weighted by molar-refractivity contribution is -0.124. The topological polar surface area (TPSA) is 96.9 Å². The second kappa shape index (κ2) is 10.4. The van der Waals surface area contributed by atoms with Gasteiger partial charge in [0.15, 0.2) is 18.1 Å². The Bertz CT molecular complexity index is 954. The third-order valence-electron chi connectivity index (χ3n) is 4.23. The Morgan fingerprint density at radius 1 is 1.10 bits per heavy atom. The smallest absolute Gasteiger partial charge is 0.335 e. The van der Waals surface area contributed by atoms with Crippen molar-refractivity contribution in [3.05, 3.63) is 52.0 Å². The van der Waals surface area contributed by atoms with Gasteiger partial charge in [0, 0.05) is 28.9 Å². The van der Waals surface area contributed by atoms with E-state index in [2.05, 4.69) is 10.6 Å². The molecule has 0 unspecified atom stereocenters. The van der Waals surface area contributed by atoms with Crippen LogP contribution in [-0.4, -0.2) is 35.7 Å². The number of hydrogen-bond donors (Lipinski definition) is 3. The van der Waals surface area contributed by atoms with Crippen molar-refractivity contribution in [3.63, 3.8) is 0 Å². The van der Waals surface area contributed by atoms with Gasteiger partial charge in [-0.3, -0.25) is 4.79 Å². The number of carboxylic acid groups (broad SMARTS) is 1. The highest BCUT2D eigenvalue weighted by Gasteiger charge is 2.17.